The molecule has 1 aromatic heterocycles. The Hall–Kier alpha value is -1.14. The van der Waals surface area contributed by atoms with E-state index >= 15 is 0 Å². The quantitative estimate of drug-likeness (QED) is 0.887. The topological polar surface area (TPSA) is 79.0 Å². The number of sulfonamides is 1. The largest absolute Gasteiger partial charge is 0.366 e. The zero-order chi connectivity index (χ0) is 13.7. The Morgan fingerprint density at radius 2 is 1.74 bits per heavy atom. The molecule has 0 atom stereocenters. The first-order valence-corrected chi connectivity index (χ1v) is 8.27. The minimum atomic E-state index is -3.71. The standard InChI is InChI=1S/C13H20N2O3S/c16-12-8-9-14-10-13(12)19(17,18)15-11-6-4-2-1-3-5-7-11/h8-11,15H,1-7H2,(H,14,16). The highest BCUT2D eigenvalue weighted by atomic mass is 32.2. The van der Waals surface area contributed by atoms with E-state index in [4.69, 9.17) is 0 Å². The van der Waals surface area contributed by atoms with Crippen molar-refractivity contribution >= 4 is 10.0 Å². The molecule has 0 aliphatic heterocycles. The number of H-pyrrole nitrogens is 1. The third-order valence-corrected chi connectivity index (χ3v) is 5.05. The highest BCUT2D eigenvalue weighted by Gasteiger charge is 2.22. The van der Waals surface area contributed by atoms with Crippen LogP contribution >= 0.6 is 0 Å². The van der Waals surface area contributed by atoms with Crippen molar-refractivity contribution in [1.82, 2.24) is 9.71 Å². The van der Waals surface area contributed by atoms with Gasteiger partial charge in [0.2, 0.25) is 15.5 Å². The molecule has 0 amide bonds. The molecule has 6 heteroatoms. The molecule has 0 radical (unpaired) electrons. The Kier molecular flexibility index (Phi) is 4.76. The van der Waals surface area contributed by atoms with Crippen molar-refractivity contribution < 1.29 is 8.42 Å². The van der Waals surface area contributed by atoms with Crippen molar-refractivity contribution in [2.75, 3.05) is 0 Å². The third-order valence-electron chi connectivity index (χ3n) is 3.50. The first-order valence-electron chi connectivity index (χ1n) is 6.79. The number of nitrogens with one attached hydrogen (secondary N) is 2. The van der Waals surface area contributed by atoms with Crippen molar-refractivity contribution in [3.05, 3.63) is 28.7 Å². The molecule has 1 saturated carbocycles. The second kappa shape index (κ2) is 6.34. The Morgan fingerprint density at radius 1 is 1.11 bits per heavy atom. The van der Waals surface area contributed by atoms with Crippen molar-refractivity contribution in [2.24, 2.45) is 0 Å². The number of aromatic nitrogens is 1. The van der Waals surface area contributed by atoms with Crippen LogP contribution in [0, 0.1) is 0 Å². The van der Waals surface area contributed by atoms with Gasteiger partial charge in [0.25, 0.3) is 0 Å². The van der Waals surface area contributed by atoms with Crippen molar-refractivity contribution in [3.63, 3.8) is 0 Å². The van der Waals surface area contributed by atoms with E-state index < -0.39 is 15.5 Å². The lowest BCUT2D eigenvalue weighted by Gasteiger charge is -2.20. The zero-order valence-electron chi connectivity index (χ0n) is 10.9. The van der Waals surface area contributed by atoms with Crippen molar-refractivity contribution in [1.29, 1.82) is 0 Å². The molecule has 1 aliphatic carbocycles. The van der Waals surface area contributed by atoms with Gasteiger partial charge in [-0.15, -0.1) is 0 Å². The molecule has 0 bridgehead atoms. The molecule has 19 heavy (non-hydrogen) atoms. The summed E-state index contributed by atoms with van der Waals surface area (Å²) in [5.74, 6) is 0. The fourth-order valence-corrected chi connectivity index (χ4v) is 3.83. The van der Waals surface area contributed by atoms with E-state index in [0.717, 1.165) is 38.5 Å². The van der Waals surface area contributed by atoms with Gasteiger partial charge in [0, 0.05) is 24.5 Å². The van der Waals surface area contributed by atoms with Crippen LogP contribution in [0.4, 0.5) is 0 Å². The lowest BCUT2D eigenvalue weighted by Crippen LogP contribution is -2.37. The average molecular weight is 284 g/mol. The van der Waals surface area contributed by atoms with Gasteiger partial charge >= 0.3 is 0 Å². The second-order valence-electron chi connectivity index (χ2n) is 5.04. The minimum Gasteiger partial charge on any atom is -0.366 e. The van der Waals surface area contributed by atoms with Gasteiger partial charge in [-0.1, -0.05) is 32.1 Å². The molecular weight excluding hydrogens is 264 g/mol. The summed E-state index contributed by atoms with van der Waals surface area (Å²) < 4.78 is 27.0. The van der Waals surface area contributed by atoms with Crippen LogP contribution in [0.5, 0.6) is 0 Å². The van der Waals surface area contributed by atoms with Crippen LogP contribution in [0.3, 0.4) is 0 Å². The van der Waals surface area contributed by atoms with Crippen LogP contribution in [0.25, 0.3) is 0 Å². The maximum absolute atomic E-state index is 12.2. The lowest BCUT2D eigenvalue weighted by atomic mass is 9.97. The predicted octanol–water partition coefficient (Wildman–Crippen LogP) is 1.77. The molecular formula is C13H20N2O3S. The highest BCUT2D eigenvalue weighted by molar-refractivity contribution is 7.89. The Labute approximate surface area is 113 Å². The first kappa shape index (κ1) is 14.3. The molecule has 1 fully saturated rings. The number of aromatic amines is 1. The minimum absolute atomic E-state index is 0.0510. The summed E-state index contributed by atoms with van der Waals surface area (Å²) in [5.41, 5.74) is -0.475. The lowest BCUT2D eigenvalue weighted by molar-refractivity contribution is 0.426. The molecule has 0 aromatic carbocycles. The predicted molar refractivity (Wildman–Crippen MR) is 73.5 cm³/mol. The van der Waals surface area contributed by atoms with Crippen LogP contribution in [0.1, 0.15) is 44.9 Å². The van der Waals surface area contributed by atoms with Gasteiger partial charge in [0.05, 0.1) is 0 Å². The monoisotopic (exact) mass is 284 g/mol. The number of hydrogen-bond donors (Lipinski definition) is 2. The van der Waals surface area contributed by atoms with Crippen molar-refractivity contribution in [2.45, 2.75) is 55.9 Å². The molecule has 1 heterocycles. The summed E-state index contributed by atoms with van der Waals surface area (Å²) in [7, 11) is -3.71. The van der Waals surface area contributed by atoms with Crippen LogP contribution < -0.4 is 10.2 Å². The van der Waals surface area contributed by atoms with Gasteiger partial charge < -0.3 is 4.98 Å². The summed E-state index contributed by atoms with van der Waals surface area (Å²) in [6.07, 6.45) is 10.0. The molecule has 5 nitrogen and oxygen atoms in total. The van der Waals surface area contributed by atoms with Crippen molar-refractivity contribution in [3.8, 4) is 0 Å². The van der Waals surface area contributed by atoms with E-state index in [2.05, 4.69) is 9.71 Å². The Bertz CT molecular complexity index is 557. The summed E-state index contributed by atoms with van der Waals surface area (Å²) in [6, 6.07) is 1.18. The van der Waals surface area contributed by atoms with Gasteiger partial charge in [-0.25, -0.2) is 13.1 Å². The van der Waals surface area contributed by atoms with E-state index in [0.29, 0.717) is 0 Å². The maximum atomic E-state index is 12.2. The van der Waals surface area contributed by atoms with Gasteiger partial charge in [0.1, 0.15) is 4.90 Å². The van der Waals surface area contributed by atoms with Crippen LogP contribution in [0.15, 0.2) is 28.2 Å². The maximum Gasteiger partial charge on any atom is 0.246 e. The Morgan fingerprint density at radius 3 is 2.37 bits per heavy atom. The van der Waals surface area contributed by atoms with E-state index in [1.54, 1.807) is 0 Å². The van der Waals surface area contributed by atoms with E-state index in [1.807, 2.05) is 0 Å². The number of rotatable bonds is 3. The molecule has 0 spiro atoms. The van der Waals surface area contributed by atoms with Crippen LogP contribution in [-0.2, 0) is 10.0 Å². The Balaban J connectivity index is 2.12. The van der Waals surface area contributed by atoms with Gasteiger partial charge in [-0.05, 0) is 12.8 Å². The molecule has 1 aromatic rings. The number of hydrogen-bond acceptors (Lipinski definition) is 3. The fraction of sp³-hybridized carbons (Fsp3) is 0.615. The summed E-state index contributed by atoms with van der Waals surface area (Å²) in [5, 5.41) is 0. The van der Waals surface area contributed by atoms with Crippen LogP contribution in [0.2, 0.25) is 0 Å². The SMILES string of the molecule is O=c1cc[nH]cc1S(=O)(=O)NC1CCCCCCC1. The van der Waals surface area contributed by atoms with Gasteiger partial charge in [-0.2, -0.15) is 0 Å². The molecule has 0 saturated heterocycles. The van der Waals surface area contributed by atoms with E-state index in [9.17, 15) is 13.2 Å². The summed E-state index contributed by atoms with van der Waals surface area (Å²) >= 11 is 0. The molecule has 2 N–H and O–H groups in total. The molecule has 1 aliphatic rings. The average Bonchev–Trinajstić information content (AvgIpc) is 2.33. The van der Waals surface area contributed by atoms with E-state index in [-0.39, 0.29) is 10.9 Å². The second-order valence-corrected chi connectivity index (χ2v) is 6.72. The normalized spacial score (nSPS) is 18.7. The third kappa shape index (κ3) is 3.91. The summed E-state index contributed by atoms with van der Waals surface area (Å²) in [6.45, 7) is 0. The van der Waals surface area contributed by atoms with Gasteiger partial charge in [0.15, 0.2) is 0 Å². The van der Waals surface area contributed by atoms with Gasteiger partial charge in [-0.3, -0.25) is 4.79 Å². The molecule has 0 unspecified atom stereocenters. The molecule has 106 valence electrons. The highest BCUT2D eigenvalue weighted by Crippen LogP contribution is 2.18. The number of pyridine rings is 1. The summed E-state index contributed by atoms with van der Waals surface area (Å²) in [4.78, 5) is 14.0. The van der Waals surface area contributed by atoms with E-state index in [1.165, 1.54) is 24.9 Å². The van der Waals surface area contributed by atoms with Crippen LogP contribution in [-0.4, -0.2) is 19.4 Å². The first-order chi connectivity index (χ1) is 9.09. The molecule has 2 rings (SSSR count). The smallest absolute Gasteiger partial charge is 0.246 e. The zero-order valence-corrected chi connectivity index (χ0v) is 11.7. The fourth-order valence-electron chi connectivity index (χ4n) is 2.47.